The number of aromatic nitrogens is 1. The topological polar surface area (TPSA) is 45.2 Å². The van der Waals surface area contributed by atoms with Gasteiger partial charge in [-0.05, 0) is 56.4 Å². The summed E-state index contributed by atoms with van der Waals surface area (Å²) < 4.78 is 0. The average molecular weight is 309 g/mol. The van der Waals surface area contributed by atoms with Crippen molar-refractivity contribution in [1.29, 1.82) is 0 Å². The molecule has 2 heterocycles. The van der Waals surface area contributed by atoms with Crippen LogP contribution in [0.4, 0.5) is 11.4 Å². The Kier molecular flexibility index (Phi) is 4.60. The number of likely N-dealkylation sites (tertiary alicyclic amines) is 1. The molecule has 1 aromatic carbocycles. The first-order valence-corrected chi connectivity index (χ1v) is 8.23. The van der Waals surface area contributed by atoms with E-state index in [0.717, 1.165) is 37.3 Å². The van der Waals surface area contributed by atoms with E-state index in [9.17, 15) is 4.79 Å². The number of hydrogen-bond acceptors (Lipinski definition) is 3. The molecule has 0 bridgehead atoms. The molecular weight excluding hydrogens is 286 g/mol. The van der Waals surface area contributed by atoms with Crippen LogP contribution in [-0.4, -0.2) is 28.9 Å². The first-order valence-electron chi connectivity index (χ1n) is 8.23. The van der Waals surface area contributed by atoms with E-state index in [1.807, 2.05) is 23.1 Å². The summed E-state index contributed by atoms with van der Waals surface area (Å²) in [6, 6.07) is 8.06. The SMILES string of the molecule is Cc1cccc(Nc2cncc(C(=O)N3CCCCC3)c2)c1C. The molecule has 120 valence electrons. The van der Waals surface area contributed by atoms with Crippen LogP contribution in [0.1, 0.15) is 40.7 Å². The number of nitrogens with one attached hydrogen (secondary N) is 1. The highest BCUT2D eigenvalue weighted by Gasteiger charge is 2.18. The minimum Gasteiger partial charge on any atom is -0.354 e. The largest absolute Gasteiger partial charge is 0.354 e. The van der Waals surface area contributed by atoms with Gasteiger partial charge in [-0.3, -0.25) is 9.78 Å². The standard InChI is InChI=1S/C19H23N3O/c1-14-7-6-8-18(15(14)2)21-17-11-16(12-20-13-17)19(23)22-9-4-3-5-10-22/h6-8,11-13,21H,3-5,9-10H2,1-2H3. The molecule has 1 aromatic heterocycles. The number of benzene rings is 1. The van der Waals surface area contributed by atoms with E-state index in [4.69, 9.17) is 0 Å². The second-order valence-corrected chi connectivity index (χ2v) is 6.19. The van der Waals surface area contributed by atoms with Crippen molar-refractivity contribution in [3.05, 3.63) is 53.3 Å². The molecule has 1 fully saturated rings. The minimum absolute atomic E-state index is 0.0850. The van der Waals surface area contributed by atoms with Gasteiger partial charge in [0.1, 0.15) is 0 Å². The summed E-state index contributed by atoms with van der Waals surface area (Å²) >= 11 is 0. The molecule has 4 heteroatoms. The number of carbonyl (C=O) groups excluding carboxylic acids is 1. The number of hydrogen-bond donors (Lipinski definition) is 1. The second kappa shape index (κ2) is 6.82. The van der Waals surface area contributed by atoms with Gasteiger partial charge in [0.05, 0.1) is 17.4 Å². The van der Waals surface area contributed by atoms with Crippen LogP contribution in [0.25, 0.3) is 0 Å². The monoisotopic (exact) mass is 309 g/mol. The van der Waals surface area contributed by atoms with Crippen molar-refractivity contribution in [1.82, 2.24) is 9.88 Å². The molecule has 0 unspecified atom stereocenters. The van der Waals surface area contributed by atoms with Gasteiger partial charge in [0, 0.05) is 25.0 Å². The van der Waals surface area contributed by atoms with Crippen LogP contribution in [0.3, 0.4) is 0 Å². The molecule has 0 saturated carbocycles. The Bertz CT molecular complexity index is 706. The Morgan fingerprint density at radius 2 is 1.91 bits per heavy atom. The molecule has 1 amide bonds. The average Bonchev–Trinajstić information content (AvgIpc) is 2.59. The Morgan fingerprint density at radius 3 is 2.70 bits per heavy atom. The predicted molar refractivity (Wildman–Crippen MR) is 93.2 cm³/mol. The molecule has 1 aliphatic heterocycles. The summed E-state index contributed by atoms with van der Waals surface area (Å²) in [4.78, 5) is 18.8. The van der Waals surface area contributed by atoms with E-state index in [1.54, 1.807) is 12.4 Å². The maximum absolute atomic E-state index is 12.6. The van der Waals surface area contributed by atoms with E-state index in [-0.39, 0.29) is 5.91 Å². The molecule has 1 aliphatic rings. The van der Waals surface area contributed by atoms with Gasteiger partial charge in [0.2, 0.25) is 0 Å². The fourth-order valence-electron chi connectivity index (χ4n) is 2.95. The molecule has 23 heavy (non-hydrogen) atoms. The number of rotatable bonds is 3. The molecule has 0 atom stereocenters. The Morgan fingerprint density at radius 1 is 1.13 bits per heavy atom. The molecule has 0 spiro atoms. The van der Waals surface area contributed by atoms with Crippen molar-refractivity contribution in [2.24, 2.45) is 0 Å². The van der Waals surface area contributed by atoms with Crippen LogP contribution in [0.15, 0.2) is 36.7 Å². The summed E-state index contributed by atoms with van der Waals surface area (Å²) in [5.74, 6) is 0.0850. The molecule has 2 aromatic rings. The number of piperidine rings is 1. The number of pyridine rings is 1. The van der Waals surface area contributed by atoms with Gasteiger partial charge in [0.15, 0.2) is 0 Å². The third-order valence-corrected chi connectivity index (χ3v) is 4.51. The highest BCUT2D eigenvalue weighted by atomic mass is 16.2. The lowest BCUT2D eigenvalue weighted by atomic mass is 10.1. The quantitative estimate of drug-likeness (QED) is 0.929. The second-order valence-electron chi connectivity index (χ2n) is 6.19. The van der Waals surface area contributed by atoms with Gasteiger partial charge < -0.3 is 10.2 Å². The zero-order valence-electron chi connectivity index (χ0n) is 13.8. The first-order chi connectivity index (χ1) is 11.1. The lowest BCUT2D eigenvalue weighted by Gasteiger charge is -2.26. The normalized spacial score (nSPS) is 14.6. The Balaban J connectivity index is 1.79. The lowest BCUT2D eigenvalue weighted by molar-refractivity contribution is 0.0724. The third-order valence-electron chi connectivity index (χ3n) is 4.51. The summed E-state index contributed by atoms with van der Waals surface area (Å²) in [5, 5.41) is 3.38. The first kappa shape index (κ1) is 15.5. The van der Waals surface area contributed by atoms with E-state index >= 15 is 0 Å². The molecular formula is C19H23N3O. The van der Waals surface area contributed by atoms with Crippen molar-refractivity contribution in [2.45, 2.75) is 33.1 Å². The molecule has 3 rings (SSSR count). The van der Waals surface area contributed by atoms with Gasteiger partial charge in [-0.15, -0.1) is 0 Å². The van der Waals surface area contributed by atoms with E-state index in [0.29, 0.717) is 5.56 Å². The molecule has 1 saturated heterocycles. The smallest absolute Gasteiger partial charge is 0.255 e. The zero-order chi connectivity index (χ0) is 16.2. The van der Waals surface area contributed by atoms with Gasteiger partial charge >= 0.3 is 0 Å². The maximum Gasteiger partial charge on any atom is 0.255 e. The van der Waals surface area contributed by atoms with E-state index in [1.165, 1.54) is 17.5 Å². The highest BCUT2D eigenvalue weighted by molar-refractivity contribution is 5.95. The van der Waals surface area contributed by atoms with Crippen LogP contribution in [-0.2, 0) is 0 Å². The maximum atomic E-state index is 12.6. The summed E-state index contributed by atoms with van der Waals surface area (Å²) in [6.07, 6.45) is 6.83. The Hall–Kier alpha value is -2.36. The van der Waals surface area contributed by atoms with Crippen molar-refractivity contribution >= 4 is 17.3 Å². The molecule has 0 radical (unpaired) electrons. The third kappa shape index (κ3) is 3.52. The van der Waals surface area contributed by atoms with Crippen LogP contribution in [0.5, 0.6) is 0 Å². The number of amides is 1. The number of anilines is 2. The van der Waals surface area contributed by atoms with Crippen molar-refractivity contribution in [2.75, 3.05) is 18.4 Å². The van der Waals surface area contributed by atoms with Gasteiger partial charge in [-0.1, -0.05) is 12.1 Å². The highest BCUT2D eigenvalue weighted by Crippen LogP contribution is 2.23. The van der Waals surface area contributed by atoms with Crippen LogP contribution < -0.4 is 5.32 Å². The summed E-state index contributed by atoms with van der Waals surface area (Å²) in [6.45, 7) is 5.89. The van der Waals surface area contributed by atoms with Crippen molar-refractivity contribution in [3.8, 4) is 0 Å². The van der Waals surface area contributed by atoms with Gasteiger partial charge in [0.25, 0.3) is 5.91 Å². The number of nitrogens with zero attached hydrogens (tertiary/aromatic N) is 2. The Labute approximate surface area is 137 Å². The van der Waals surface area contributed by atoms with Crippen LogP contribution in [0, 0.1) is 13.8 Å². The summed E-state index contributed by atoms with van der Waals surface area (Å²) in [5.41, 5.74) is 5.00. The van der Waals surface area contributed by atoms with Crippen LogP contribution >= 0.6 is 0 Å². The summed E-state index contributed by atoms with van der Waals surface area (Å²) in [7, 11) is 0. The fraction of sp³-hybridized carbons (Fsp3) is 0.368. The van der Waals surface area contributed by atoms with Crippen LogP contribution in [0.2, 0.25) is 0 Å². The van der Waals surface area contributed by atoms with E-state index < -0.39 is 0 Å². The zero-order valence-corrected chi connectivity index (χ0v) is 13.8. The number of aryl methyl sites for hydroxylation is 1. The van der Waals surface area contributed by atoms with Crippen molar-refractivity contribution < 1.29 is 4.79 Å². The number of carbonyl (C=O) groups is 1. The fourth-order valence-corrected chi connectivity index (χ4v) is 2.95. The lowest BCUT2D eigenvalue weighted by Crippen LogP contribution is -2.35. The minimum atomic E-state index is 0.0850. The predicted octanol–water partition coefficient (Wildman–Crippen LogP) is 4.07. The molecule has 0 aliphatic carbocycles. The van der Waals surface area contributed by atoms with Gasteiger partial charge in [-0.2, -0.15) is 0 Å². The van der Waals surface area contributed by atoms with E-state index in [2.05, 4.69) is 30.2 Å². The van der Waals surface area contributed by atoms with Crippen molar-refractivity contribution in [3.63, 3.8) is 0 Å². The molecule has 1 N–H and O–H groups in total. The van der Waals surface area contributed by atoms with Gasteiger partial charge in [-0.25, -0.2) is 0 Å². The molecule has 4 nitrogen and oxygen atoms in total.